The number of aliphatic hydroxyl groups is 1. The maximum Gasteiger partial charge on any atom is 0.123 e. The van der Waals surface area contributed by atoms with Gasteiger partial charge in [0.25, 0.3) is 0 Å². The van der Waals surface area contributed by atoms with E-state index < -0.39 is 6.10 Å². The minimum atomic E-state index is -0.530. The Kier molecular flexibility index (Phi) is 5.65. The molecule has 3 aromatic carbocycles. The van der Waals surface area contributed by atoms with Crippen LogP contribution >= 0.6 is 0 Å². The third-order valence-corrected chi connectivity index (χ3v) is 5.87. The van der Waals surface area contributed by atoms with Gasteiger partial charge in [-0.15, -0.1) is 0 Å². The normalized spacial score (nSPS) is 15.1. The molecule has 1 aliphatic heterocycles. The number of aliphatic hydroxyl groups excluding tert-OH is 1. The van der Waals surface area contributed by atoms with Crippen molar-refractivity contribution >= 4 is 10.9 Å². The molecule has 31 heavy (non-hydrogen) atoms. The first kappa shape index (κ1) is 19.7. The average Bonchev–Trinajstić information content (AvgIpc) is 3.00. The van der Waals surface area contributed by atoms with E-state index in [9.17, 15) is 5.11 Å². The van der Waals surface area contributed by atoms with Crippen LogP contribution in [0.3, 0.4) is 0 Å². The second kappa shape index (κ2) is 8.88. The van der Waals surface area contributed by atoms with Crippen LogP contribution in [0.4, 0.5) is 0 Å². The van der Waals surface area contributed by atoms with Gasteiger partial charge in [-0.2, -0.15) is 0 Å². The van der Waals surface area contributed by atoms with Crippen molar-refractivity contribution in [1.29, 1.82) is 0 Å². The minimum absolute atomic E-state index is 0.530. The zero-order valence-corrected chi connectivity index (χ0v) is 17.4. The molecule has 1 unspecified atom stereocenters. The molecule has 0 bridgehead atoms. The Bertz CT molecular complexity index is 1180. The van der Waals surface area contributed by atoms with Crippen molar-refractivity contribution in [2.75, 3.05) is 13.2 Å². The van der Waals surface area contributed by atoms with Crippen molar-refractivity contribution in [2.24, 2.45) is 0 Å². The van der Waals surface area contributed by atoms with Crippen LogP contribution < -0.4 is 4.74 Å². The molecule has 156 valence electrons. The van der Waals surface area contributed by atoms with Gasteiger partial charge in [0.1, 0.15) is 12.4 Å². The van der Waals surface area contributed by atoms with Crippen molar-refractivity contribution in [3.63, 3.8) is 0 Å². The Morgan fingerprint density at radius 1 is 0.935 bits per heavy atom. The molecule has 0 radical (unpaired) electrons. The predicted molar refractivity (Wildman–Crippen MR) is 123 cm³/mol. The molecule has 1 aliphatic rings. The molecule has 1 aromatic heterocycles. The van der Waals surface area contributed by atoms with Gasteiger partial charge in [-0.05, 0) is 47.0 Å². The van der Waals surface area contributed by atoms with Gasteiger partial charge in [0.15, 0.2) is 0 Å². The van der Waals surface area contributed by atoms with E-state index in [1.807, 2.05) is 42.6 Å². The number of aromatic nitrogens is 1. The molecule has 1 atom stereocenters. The van der Waals surface area contributed by atoms with E-state index in [2.05, 4.69) is 52.3 Å². The number of fused-ring (bicyclic) bond motifs is 2. The lowest BCUT2D eigenvalue weighted by atomic mass is 9.99. The summed E-state index contributed by atoms with van der Waals surface area (Å²) in [6.07, 6.45) is 1.90. The third-order valence-electron chi connectivity index (χ3n) is 5.87. The van der Waals surface area contributed by atoms with Gasteiger partial charge < -0.3 is 9.84 Å². The molecule has 0 amide bonds. The van der Waals surface area contributed by atoms with Crippen LogP contribution in [0.1, 0.15) is 28.4 Å². The highest BCUT2D eigenvalue weighted by Gasteiger charge is 2.18. The zero-order valence-electron chi connectivity index (χ0n) is 17.4. The number of rotatable bonds is 5. The summed E-state index contributed by atoms with van der Waals surface area (Å²) in [6.45, 7) is 3.17. The van der Waals surface area contributed by atoms with Crippen LogP contribution in [-0.4, -0.2) is 28.1 Å². The Labute approximate surface area is 182 Å². The summed E-state index contributed by atoms with van der Waals surface area (Å²) >= 11 is 0. The molecular formula is C27H26N2O2. The van der Waals surface area contributed by atoms with Crippen molar-refractivity contribution in [2.45, 2.75) is 25.6 Å². The highest BCUT2D eigenvalue weighted by Crippen LogP contribution is 2.29. The van der Waals surface area contributed by atoms with Crippen LogP contribution in [-0.2, 0) is 19.5 Å². The van der Waals surface area contributed by atoms with Gasteiger partial charge in [0, 0.05) is 43.2 Å². The first-order chi connectivity index (χ1) is 15.2. The number of hydrogen-bond acceptors (Lipinski definition) is 4. The number of benzene rings is 3. The first-order valence-electron chi connectivity index (χ1n) is 10.8. The molecular weight excluding hydrogens is 384 g/mol. The van der Waals surface area contributed by atoms with Crippen LogP contribution in [0, 0.1) is 0 Å². The topological polar surface area (TPSA) is 45.6 Å². The average molecular weight is 411 g/mol. The van der Waals surface area contributed by atoms with E-state index in [1.54, 1.807) is 0 Å². The lowest BCUT2D eigenvalue weighted by molar-refractivity contribution is 0.178. The van der Waals surface area contributed by atoms with Gasteiger partial charge >= 0.3 is 0 Å². The number of ether oxygens (including phenoxy) is 1. The molecule has 0 aliphatic carbocycles. The standard InChI is InChI=1S/C27H26N2O2/c30-26(16-20-5-2-1-3-6-20)23-9-11-27-24(17-23)19-29(13-14-31-27)18-21-8-10-25-22(15-21)7-4-12-28-25/h1-12,15,17,26,30H,13-14,16,18-19H2. The highest BCUT2D eigenvalue weighted by atomic mass is 16.5. The van der Waals surface area contributed by atoms with Gasteiger partial charge in [0.05, 0.1) is 11.6 Å². The fourth-order valence-electron chi connectivity index (χ4n) is 4.25. The molecule has 5 rings (SSSR count). The molecule has 1 N–H and O–H groups in total. The first-order valence-corrected chi connectivity index (χ1v) is 10.8. The van der Waals surface area contributed by atoms with Crippen molar-refractivity contribution in [1.82, 2.24) is 9.88 Å². The molecule has 2 heterocycles. The molecule has 4 aromatic rings. The molecule has 4 heteroatoms. The van der Waals surface area contributed by atoms with Gasteiger partial charge in [-0.3, -0.25) is 9.88 Å². The van der Waals surface area contributed by atoms with E-state index in [0.29, 0.717) is 13.0 Å². The maximum atomic E-state index is 10.8. The van der Waals surface area contributed by atoms with Crippen LogP contribution in [0.15, 0.2) is 85.1 Å². The number of pyridine rings is 1. The summed E-state index contributed by atoms with van der Waals surface area (Å²) in [5.74, 6) is 0.917. The lowest BCUT2D eigenvalue weighted by Crippen LogP contribution is -2.25. The molecule has 0 saturated carbocycles. The Morgan fingerprint density at radius 2 is 1.84 bits per heavy atom. The number of nitrogens with zero attached hydrogens (tertiary/aromatic N) is 2. The van der Waals surface area contributed by atoms with E-state index >= 15 is 0 Å². The highest BCUT2D eigenvalue weighted by molar-refractivity contribution is 5.78. The van der Waals surface area contributed by atoms with Crippen LogP contribution in [0.25, 0.3) is 10.9 Å². The van der Waals surface area contributed by atoms with Gasteiger partial charge in [0.2, 0.25) is 0 Å². The monoisotopic (exact) mass is 410 g/mol. The van der Waals surface area contributed by atoms with Gasteiger partial charge in [-0.25, -0.2) is 0 Å². The van der Waals surface area contributed by atoms with Crippen LogP contribution in [0.5, 0.6) is 5.75 Å². The fourth-order valence-corrected chi connectivity index (χ4v) is 4.25. The predicted octanol–water partition coefficient (Wildman–Crippen LogP) is 4.91. The van der Waals surface area contributed by atoms with Gasteiger partial charge in [-0.1, -0.05) is 48.5 Å². The SMILES string of the molecule is OC(Cc1ccccc1)c1ccc2c(c1)CN(Cc1ccc3ncccc3c1)CCO2. The second-order valence-corrected chi connectivity index (χ2v) is 8.16. The lowest BCUT2D eigenvalue weighted by Gasteiger charge is -2.20. The van der Waals surface area contributed by atoms with Crippen molar-refractivity contribution in [3.8, 4) is 5.75 Å². The molecule has 0 fully saturated rings. The summed E-state index contributed by atoms with van der Waals surface area (Å²) in [4.78, 5) is 6.81. The maximum absolute atomic E-state index is 10.8. The minimum Gasteiger partial charge on any atom is -0.492 e. The quantitative estimate of drug-likeness (QED) is 0.508. The van der Waals surface area contributed by atoms with E-state index in [1.165, 1.54) is 5.56 Å². The van der Waals surface area contributed by atoms with E-state index in [4.69, 9.17) is 4.74 Å². The second-order valence-electron chi connectivity index (χ2n) is 8.16. The summed E-state index contributed by atoms with van der Waals surface area (Å²) in [5.41, 5.74) is 5.49. The smallest absolute Gasteiger partial charge is 0.123 e. The summed E-state index contributed by atoms with van der Waals surface area (Å²) in [6, 6.07) is 26.7. The molecule has 0 spiro atoms. The summed E-state index contributed by atoms with van der Waals surface area (Å²) in [7, 11) is 0. The van der Waals surface area contributed by atoms with E-state index in [0.717, 1.165) is 53.0 Å². The number of hydrogen-bond donors (Lipinski definition) is 1. The molecule has 0 saturated heterocycles. The molecule has 4 nitrogen and oxygen atoms in total. The Morgan fingerprint density at radius 3 is 2.74 bits per heavy atom. The zero-order chi connectivity index (χ0) is 21.0. The fraction of sp³-hybridized carbons (Fsp3) is 0.222. The van der Waals surface area contributed by atoms with Crippen LogP contribution in [0.2, 0.25) is 0 Å². The van der Waals surface area contributed by atoms with E-state index in [-0.39, 0.29) is 0 Å². The third kappa shape index (κ3) is 4.61. The van der Waals surface area contributed by atoms with Crippen molar-refractivity contribution in [3.05, 3.63) is 107 Å². The van der Waals surface area contributed by atoms with Crippen molar-refractivity contribution < 1.29 is 9.84 Å². The largest absolute Gasteiger partial charge is 0.492 e. The summed E-state index contributed by atoms with van der Waals surface area (Å²) < 4.78 is 6.01. The summed E-state index contributed by atoms with van der Waals surface area (Å²) in [5, 5.41) is 12.0. The Hall–Kier alpha value is -3.21. The Balaban J connectivity index is 1.33.